The lowest BCUT2D eigenvalue weighted by atomic mass is 10.1. The predicted molar refractivity (Wildman–Crippen MR) is 84.3 cm³/mol. The van der Waals surface area contributed by atoms with Gasteiger partial charge in [0.15, 0.2) is 10.6 Å². The van der Waals surface area contributed by atoms with Gasteiger partial charge in [0, 0.05) is 0 Å². The van der Waals surface area contributed by atoms with E-state index in [4.69, 9.17) is 12.2 Å². The van der Waals surface area contributed by atoms with Gasteiger partial charge in [-0.2, -0.15) is 18.3 Å². The van der Waals surface area contributed by atoms with Crippen molar-refractivity contribution >= 4 is 23.6 Å². The molecule has 0 spiro atoms. The fraction of sp³-hybridized carbons (Fsp3) is 0.214. The minimum Gasteiger partial charge on any atom is -0.267 e. The minimum absolute atomic E-state index is 0.0563. The average molecular weight is 356 g/mol. The molecule has 0 aliphatic rings. The van der Waals surface area contributed by atoms with Crippen LogP contribution >= 0.6 is 23.6 Å². The molecule has 1 aromatic carbocycles. The summed E-state index contributed by atoms with van der Waals surface area (Å²) in [5, 5.41) is 7.49. The molecule has 0 aliphatic carbocycles. The first-order valence-electron chi connectivity index (χ1n) is 6.57. The minimum atomic E-state index is -4.49. The number of thiazole rings is 1. The van der Waals surface area contributed by atoms with E-state index in [1.807, 2.05) is 6.92 Å². The molecule has 120 valence electrons. The third-order valence-electron chi connectivity index (χ3n) is 3.23. The Morgan fingerprint density at radius 1 is 1.22 bits per heavy atom. The van der Waals surface area contributed by atoms with Crippen LogP contribution in [0.3, 0.4) is 0 Å². The Kier molecular flexibility index (Phi) is 3.85. The van der Waals surface area contributed by atoms with E-state index >= 15 is 0 Å². The molecule has 2 aromatic heterocycles. The summed E-state index contributed by atoms with van der Waals surface area (Å²) in [6.07, 6.45) is -4.49. The van der Waals surface area contributed by atoms with Crippen LogP contribution in [0.15, 0.2) is 24.3 Å². The smallest absolute Gasteiger partial charge is 0.267 e. The number of hydrogen-bond acceptors (Lipinski definition) is 4. The van der Waals surface area contributed by atoms with Crippen molar-refractivity contribution in [3.05, 3.63) is 45.3 Å². The zero-order valence-corrected chi connectivity index (χ0v) is 13.7. The molecule has 0 radical (unpaired) electrons. The Morgan fingerprint density at radius 2 is 1.91 bits per heavy atom. The molecule has 0 unspecified atom stereocenters. The lowest BCUT2D eigenvalue weighted by Crippen LogP contribution is -2.11. The van der Waals surface area contributed by atoms with Gasteiger partial charge in [0.25, 0.3) is 0 Å². The number of nitrogens with one attached hydrogen (secondary N) is 1. The fourth-order valence-electron chi connectivity index (χ4n) is 2.32. The molecule has 3 rings (SSSR count). The van der Waals surface area contributed by atoms with E-state index in [0.717, 1.165) is 11.1 Å². The topological polar surface area (TPSA) is 46.5 Å². The van der Waals surface area contributed by atoms with Crippen LogP contribution in [0.2, 0.25) is 0 Å². The number of alkyl halides is 3. The normalized spacial score (nSPS) is 11.9. The van der Waals surface area contributed by atoms with E-state index in [0.29, 0.717) is 16.4 Å². The molecule has 23 heavy (non-hydrogen) atoms. The Hall–Kier alpha value is -2.00. The van der Waals surface area contributed by atoms with Crippen LogP contribution in [0.5, 0.6) is 0 Å². The number of aromatic amines is 1. The van der Waals surface area contributed by atoms with Crippen molar-refractivity contribution in [2.24, 2.45) is 0 Å². The summed E-state index contributed by atoms with van der Waals surface area (Å²) in [6, 6.07) is 5.28. The quantitative estimate of drug-likeness (QED) is 0.678. The largest absolute Gasteiger partial charge is 0.418 e. The van der Waals surface area contributed by atoms with Gasteiger partial charge in [-0.05, 0) is 38.2 Å². The molecule has 3 aromatic rings. The second-order valence-electron chi connectivity index (χ2n) is 4.85. The number of hydrogen-bond donors (Lipinski definition) is 1. The summed E-state index contributed by atoms with van der Waals surface area (Å²) in [4.78, 5) is 4.98. The van der Waals surface area contributed by atoms with E-state index in [2.05, 4.69) is 15.2 Å². The first kappa shape index (κ1) is 15.9. The number of aromatic nitrogens is 4. The molecule has 0 atom stereocenters. The fourth-order valence-corrected chi connectivity index (χ4v) is 3.45. The van der Waals surface area contributed by atoms with Gasteiger partial charge in [-0.25, -0.2) is 4.98 Å². The van der Waals surface area contributed by atoms with E-state index in [1.54, 1.807) is 6.92 Å². The van der Waals surface area contributed by atoms with Gasteiger partial charge in [-0.1, -0.05) is 12.1 Å². The van der Waals surface area contributed by atoms with Gasteiger partial charge in [-0.3, -0.25) is 9.67 Å². The molecule has 0 saturated heterocycles. The van der Waals surface area contributed by atoms with Crippen molar-refractivity contribution in [1.82, 2.24) is 19.7 Å². The third-order valence-corrected chi connectivity index (χ3v) is 4.57. The summed E-state index contributed by atoms with van der Waals surface area (Å²) < 4.78 is 41.3. The zero-order chi connectivity index (χ0) is 16.8. The van der Waals surface area contributed by atoms with Crippen LogP contribution in [0, 0.1) is 18.6 Å². The SMILES string of the molecule is Cc1nc(C)c(-c2n[nH]c(=S)n2-c2ccccc2C(F)(F)F)s1. The first-order valence-corrected chi connectivity index (χ1v) is 7.80. The van der Waals surface area contributed by atoms with E-state index in [1.165, 1.54) is 34.1 Å². The van der Waals surface area contributed by atoms with Crippen LogP contribution in [-0.4, -0.2) is 19.7 Å². The molecular weight excluding hydrogens is 345 g/mol. The van der Waals surface area contributed by atoms with Crippen LogP contribution in [0.4, 0.5) is 13.2 Å². The van der Waals surface area contributed by atoms with Gasteiger partial charge in [0.2, 0.25) is 0 Å². The van der Waals surface area contributed by atoms with Gasteiger partial charge in [0.1, 0.15) is 0 Å². The molecule has 9 heteroatoms. The van der Waals surface area contributed by atoms with Crippen molar-refractivity contribution in [1.29, 1.82) is 0 Å². The highest BCUT2D eigenvalue weighted by Gasteiger charge is 2.34. The molecule has 1 N–H and O–H groups in total. The number of rotatable bonds is 2. The van der Waals surface area contributed by atoms with Crippen LogP contribution in [-0.2, 0) is 6.18 Å². The Labute approximate surface area is 138 Å². The van der Waals surface area contributed by atoms with Gasteiger partial charge in [-0.15, -0.1) is 11.3 Å². The summed E-state index contributed by atoms with van der Waals surface area (Å²) in [5.41, 5.74) is -0.121. The maximum absolute atomic E-state index is 13.3. The van der Waals surface area contributed by atoms with Crippen molar-refractivity contribution in [2.45, 2.75) is 20.0 Å². The second-order valence-corrected chi connectivity index (χ2v) is 6.44. The molecule has 0 bridgehead atoms. The number of nitrogens with zero attached hydrogens (tertiary/aromatic N) is 3. The second kappa shape index (κ2) is 5.57. The number of H-pyrrole nitrogens is 1. The van der Waals surface area contributed by atoms with E-state index in [-0.39, 0.29) is 10.5 Å². The average Bonchev–Trinajstić information content (AvgIpc) is 3.00. The number of para-hydroxylation sites is 1. The number of benzene rings is 1. The highest BCUT2D eigenvalue weighted by molar-refractivity contribution is 7.71. The van der Waals surface area contributed by atoms with E-state index in [9.17, 15) is 13.2 Å². The molecule has 0 amide bonds. The maximum Gasteiger partial charge on any atom is 0.418 e. The first-order chi connectivity index (χ1) is 10.8. The summed E-state index contributed by atoms with van der Waals surface area (Å²) in [6.45, 7) is 3.62. The summed E-state index contributed by atoms with van der Waals surface area (Å²) in [5.74, 6) is 0.329. The van der Waals surface area contributed by atoms with Gasteiger partial charge < -0.3 is 0 Å². The summed E-state index contributed by atoms with van der Waals surface area (Å²) in [7, 11) is 0. The van der Waals surface area contributed by atoms with Gasteiger partial charge >= 0.3 is 6.18 Å². The summed E-state index contributed by atoms with van der Waals surface area (Å²) >= 11 is 6.51. The molecular formula is C14H11F3N4S2. The highest BCUT2D eigenvalue weighted by Crippen LogP contribution is 2.36. The Balaban J connectivity index is 2.30. The molecule has 0 saturated carbocycles. The molecule has 0 aliphatic heterocycles. The molecule has 4 nitrogen and oxygen atoms in total. The predicted octanol–water partition coefficient (Wildman–Crippen LogP) is 4.69. The standard InChI is InChI=1S/C14H11F3N4S2/c1-7-11(23-8(2)18-7)12-19-20-13(22)21(12)10-6-4-3-5-9(10)14(15,16)17/h3-6H,1-2H3,(H,20,22). The van der Waals surface area contributed by atoms with E-state index < -0.39 is 11.7 Å². The lowest BCUT2D eigenvalue weighted by Gasteiger charge is -2.14. The van der Waals surface area contributed by atoms with Gasteiger partial charge in [0.05, 0.1) is 26.8 Å². The van der Waals surface area contributed by atoms with Crippen LogP contribution < -0.4 is 0 Å². The number of halogens is 3. The maximum atomic E-state index is 13.3. The monoisotopic (exact) mass is 356 g/mol. The molecule has 0 fully saturated rings. The van der Waals surface area contributed by atoms with Crippen LogP contribution in [0.25, 0.3) is 16.4 Å². The Bertz CT molecular complexity index is 921. The van der Waals surface area contributed by atoms with Crippen LogP contribution in [0.1, 0.15) is 16.3 Å². The Morgan fingerprint density at radius 3 is 2.52 bits per heavy atom. The third kappa shape index (κ3) is 2.81. The van der Waals surface area contributed by atoms with Crippen molar-refractivity contribution in [2.75, 3.05) is 0 Å². The lowest BCUT2D eigenvalue weighted by molar-refractivity contribution is -0.137. The zero-order valence-electron chi connectivity index (χ0n) is 12.1. The number of aryl methyl sites for hydroxylation is 2. The van der Waals surface area contributed by atoms with Crippen molar-refractivity contribution in [3.8, 4) is 16.4 Å². The van der Waals surface area contributed by atoms with Crippen molar-refractivity contribution in [3.63, 3.8) is 0 Å². The highest BCUT2D eigenvalue weighted by atomic mass is 32.1. The molecule has 2 heterocycles. The van der Waals surface area contributed by atoms with Crippen molar-refractivity contribution < 1.29 is 13.2 Å².